The Balaban J connectivity index is 3.01. The SMILES string of the molecule is CC(=O)c1ccc(N(N=O)C(=O)N(C)C)cc1. The van der Waals surface area contributed by atoms with Crippen LogP contribution in [0.1, 0.15) is 17.3 Å². The van der Waals surface area contributed by atoms with Crippen LogP contribution in [0.3, 0.4) is 0 Å². The second-order valence-corrected chi connectivity index (χ2v) is 3.67. The molecule has 0 atom stereocenters. The number of hydrogen-bond donors (Lipinski definition) is 0. The largest absolute Gasteiger partial charge is 0.347 e. The molecule has 6 heteroatoms. The van der Waals surface area contributed by atoms with Gasteiger partial charge in [0.25, 0.3) is 0 Å². The van der Waals surface area contributed by atoms with E-state index in [1.807, 2.05) is 0 Å². The molecule has 0 radical (unpaired) electrons. The average Bonchev–Trinajstić information content (AvgIpc) is 2.30. The Kier molecular flexibility index (Phi) is 3.92. The number of urea groups is 1. The Morgan fingerprint density at radius 1 is 1.12 bits per heavy atom. The second kappa shape index (κ2) is 5.20. The summed E-state index contributed by atoms with van der Waals surface area (Å²) < 4.78 is 0. The predicted molar refractivity (Wildman–Crippen MR) is 63.8 cm³/mol. The van der Waals surface area contributed by atoms with Crippen molar-refractivity contribution in [1.29, 1.82) is 0 Å². The lowest BCUT2D eigenvalue weighted by Gasteiger charge is -2.18. The second-order valence-electron chi connectivity index (χ2n) is 3.67. The zero-order valence-electron chi connectivity index (χ0n) is 9.88. The van der Waals surface area contributed by atoms with Crippen molar-refractivity contribution in [3.8, 4) is 0 Å². The molecule has 0 fully saturated rings. The Morgan fingerprint density at radius 2 is 1.65 bits per heavy atom. The highest BCUT2D eigenvalue weighted by molar-refractivity contribution is 5.95. The third-order valence-electron chi connectivity index (χ3n) is 2.16. The zero-order chi connectivity index (χ0) is 13.0. The van der Waals surface area contributed by atoms with Crippen molar-refractivity contribution >= 4 is 17.5 Å². The van der Waals surface area contributed by atoms with Crippen molar-refractivity contribution in [2.24, 2.45) is 5.29 Å². The maximum absolute atomic E-state index is 11.6. The molecule has 6 nitrogen and oxygen atoms in total. The molecule has 0 aliphatic heterocycles. The normalized spacial score (nSPS) is 9.59. The third-order valence-corrected chi connectivity index (χ3v) is 2.16. The average molecular weight is 235 g/mol. The summed E-state index contributed by atoms with van der Waals surface area (Å²) in [5, 5.41) is 3.39. The third kappa shape index (κ3) is 2.87. The minimum absolute atomic E-state index is 0.0823. The summed E-state index contributed by atoms with van der Waals surface area (Å²) in [6.07, 6.45) is 0. The summed E-state index contributed by atoms with van der Waals surface area (Å²) in [6.45, 7) is 1.44. The molecule has 17 heavy (non-hydrogen) atoms. The van der Waals surface area contributed by atoms with Crippen molar-refractivity contribution in [2.75, 3.05) is 19.1 Å². The van der Waals surface area contributed by atoms with Gasteiger partial charge in [-0.1, -0.05) is 0 Å². The lowest BCUT2D eigenvalue weighted by Crippen LogP contribution is -2.35. The smallest absolute Gasteiger partial charge is 0.329 e. The van der Waals surface area contributed by atoms with Gasteiger partial charge in [-0.2, -0.15) is 0 Å². The van der Waals surface area contributed by atoms with Crippen LogP contribution in [0.15, 0.2) is 29.6 Å². The zero-order valence-corrected chi connectivity index (χ0v) is 9.88. The molecule has 0 aromatic heterocycles. The van der Waals surface area contributed by atoms with E-state index in [9.17, 15) is 14.5 Å². The maximum Gasteiger partial charge on any atom is 0.347 e. The van der Waals surface area contributed by atoms with Crippen LogP contribution in [-0.2, 0) is 0 Å². The van der Waals surface area contributed by atoms with Crippen LogP contribution in [0.25, 0.3) is 0 Å². The first-order valence-corrected chi connectivity index (χ1v) is 4.93. The summed E-state index contributed by atoms with van der Waals surface area (Å²) in [7, 11) is 3.04. The molecule has 1 aromatic rings. The molecular formula is C11H13N3O3. The van der Waals surface area contributed by atoms with Gasteiger partial charge < -0.3 is 4.90 Å². The molecule has 0 spiro atoms. The van der Waals surface area contributed by atoms with Crippen molar-refractivity contribution in [3.05, 3.63) is 34.7 Å². The number of carbonyl (C=O) groups is 2. The van der Waals surface area contributed by atoms with Crippen molar-refractivity contribution < 1.29 is 9.59 Å². The fraction of sp³-hybridized carbons (Fsp3) is 0.273. The molecule has 0 aliphatic carbocycles. The predicted octanol–water partition coefficient (Wildman–Crippen LogP) is 2.06. The highest BCUT2D eigenvalue weighted by atomic mass is 16.3. The number of amides is 2. The van der Waals surface area contributed by atoms with Gasteiger partial charge in [0.05, 0.1) is 11.0 Å². The van der Waals surface area contributed by atoms with Crippen molar-refractivity contribution in [3.63, 3.8) is 0 Å². The van der Waals surface area contributed by atoms with Gasteiger partial charge in [-0.25, -0.2) is 4.79 Å². The van der Waals surface area contributed by atoms with Crippen LogP contribution < -0.4 is 5.01 Å². The van der Waals surface area contributed by atoms with Crippen LogP contribution in [0.5, 0.6) is 0 Å². The van der Waals surface area contributed by atoms with Gasteiger partial charge >= 0.3 is 6.03 Å². The molecule has 1 rings (SSSR count). The lowest BCUT2D eigenvalue weighted by molar-refractivity contribution is 0.101. The molecule has 0 bridgehead atoms. The number of benzene rings is 1. The van der Waals surface area contributed by atoms with E-state index in [0.717, 1.165) is 5.01 Å². The van der Waals surface area contributed by atoms with Crippen LogP contribution in [0.4, 0.5) is 10.5 Å². The molecule has 0 saturated carbocycles. The van der Waals surface area contributed by atoms with Gasteiger partial charge in [-0.3, -0.25) is 4.79 Å². The van der Waals surface area contributed by atoms with Crippen LogP contribution in [-0.4, -0.2) is 30.8 Å². The van der Waals surface area contributed by atoms with E-state index in [2.05, 4.69) is 5.29 Å². The Bertz CT molecular complexity index is 440. The first-order valence-electron chi connectivity index (χ1n) is 4.93. The van der Waals surface area contributed by atoms with Crippen molar-refractivity contribution in [1.82, 2.24) is 4.90 Å². The molecule has 2 amide bonds. The minimum Gasteiger partial charge on any atom is -0.329 e. The van der Waals surface area contributed by atoms with Crippen LogP contribution >= 0.6 is 0 Å². The Labute approximate surface area is 98.8 Å². The fourth-order valence-corrected chi connectivity index (χ4v) is 1.22. The van der Waals surface area contributed by atoms with Gasteiger partial charge in [0, 0.05) is 19.7 Å². The topological polar surface area (TPSA) is 70.0 Å². The summed E-state index contributed by atoms with van der Waals surface area (Å²) in [6, 6.07) is 5.53. The molecule has 0 aliphatic rings. The van der Waals surface area contributed by atoms with E-state index in [1.165, 1.54) is 38.1 Å². The Morgan fingerprint density at radius 3 is 2.00 bits per heavy atom. The fourth-order valence-electron chi connectivity index (χ4n) is 1.22. The first-order chi connectivity index (χ1) is 7.97. The van der Waals surface area contributed by atoms with Gasteiger partial charge in [-0.05, 0) is 31.2 Å². The van der Waals surface area contributed by atoms with Crippen molar-refractivity contribution in [2.45, 2.75) is 6.92 Å². The summed E-state index contributed by atoms with van der Waals surface area (Å²) >= 11 is 0. The van der Waals surface area contributed by atoms with Gasteiger partial charge in [0.2, 0.25) is 0 Å². The molecule has 0 N–H and O–H groups in total. The van der Waals surface area contributed by atoms with E-state index >= 15 is 0 Å². The molecule has 1 aromatic carbocycles. The standard InChI is InChI=1S/C11H13N3O3/c1-8(15)9-4-6-10(7-5-9)14(12-17)11(16)13(2)3/h4-7H,1-3H3. The quantitative estimate of drug-likeness (QED) is 0.457. The number of ketones is 1. The Hall–Kier alpha value is -2.24. The van der Waals surface area contributed by atoms with Crippen LogP contribution in [0, 0.1) is 4.91 Å². The molecule has 90 valence electrons. The molecule has 0 unspecified atom stereocenters. The van der Waals surface area contributed by atoms with Gasteiger partial charge in [-0.15, -0.1) is 9.92 Å². The molecule has 0 heterocycles. The van der Waals surface area contributed by atoms with Gasteiger partial charge in [0.1, 0.15) is 0 Å². The van der Waals surface area contributed by atoms with E-state index in [0.29, 0.717) is 11.3 Å². The summed E-state index contributed by atoms with van der Waals surface area (Å²) in [5.74, 6) is -0.0823. The number of nitrogens with zero attached hydrogens (tertiary/aromatic N) is 3. The summed E-state index contributed by atoms with van der Waals surface area (Å²) in [5.41, 5.74) is 0.834. The number of anilines is 1. The summed E-state index contributed by atoms with van der Waals surface area (Å²) in [4.78, 5) is 34.5. The van der Waals surface area contributed by atoms with E-state index in [-0.39, 0.29) is 5.78 Å². The van der Waals surface area contributed by atoms with Gasteiger partial charge in [0.15, 0.2) is 5.78 Å². The first kappa shape index (κ1) is 12.8. The minimum atomic E-state index is -0.546. The number of Topliss-reactive ketones (excluding diaryl/α,β-unsaturated/α-hetero) is 1. The van der Waals surface area contributed by atoms with E-state index in [4.69, 9.17) is 0 Å². The lowest BCUT2D eigenvalue weighted by atomic mass is 10.1. The maximum atomic E-state index is 11.6. The molecular weight excluding hydrogens is 222 g/mol. The highest BCUT2D eigenvalue weighted by Gasteiger charge is 2.18. The number of nitroso groups, excluding NO2 is 1. The highest BCUT2D eigenvalue weighted by Crippen LogP contribution is 2.17. The molecule has 0 saturated heterocycles. The number of hydrogen-bond acceptors (Lipinski definition) is 4. The van der Waals surface area contributed by atoms with E-state index < -0.39 is 6.03 Å². The van der Waals surface area contributed by atoms with E-state index in [1.54, 1.807) is 12.1 Å². The monoisotopic (exact) mass is 235 g/mol. The van der Waals surface area contributed by atoms with Crippen LogP contribution in [0.2, 0.25) is 0 Å². The number of rotatable bonds is 3. The number of carbonyl (C=O) groups excluding carboxylic acids is 2.